The van der Waals surface area contributed by atoms with Gasteiger partial charge in [0.05, 0.1) is 0 Å². The molecule has 0 aliphatic rings. The third kappa shape index (κ3) is 4.02. The summed E-state index contributed by atoms with van der Waals surface area (Å²) >= 11 is 0. The molecule has 0 radical (unpaired) electrons. The second kappa shape index (κ2) is 6.35. The molecule has 1 N–H and O–H groups in total. The van der Waals surface area contributed by atoms with E-state index in [9.17, 15) is 13.6 Å². The molecule has 2 rings (SSSR count). The maximum absolute atomic E-state index is 13.5. The number of hydrogen-bond acceptors (Lipinski definition) is 2. The number of anilines is 1. The fourth-order valence-electron chi connectivity index (χ4n) is 1.78. The van der Waals surface area contributed by atoms with Gasteiger partial charge >= 0.3 is 0 Å². The maximum Gasteiger partial charge on any atom is 0.265 e. The van der Waals surface area contributed by atoms with Crippen LogP contribution in [0.3, 0.4) is 0 Å². The topological polar surface area (TPSA) is 38.3 Å². The predicted molar refractivity (Wildman–Crippen MR) is 76.3 cm³/mol. The van der Waals surface area contributed by atoms with E-state index >= 15 is 0 Å². The van der Waals surface area contributed by atoms with Crippen molar-refractivity contribution in [3.8, 4) is 5.75 Å². The molecule has 0 aliphatic heterocycles. The summed E-state index contributed by atoms with van der Waals surface area (Å²) in [5.74, 6) is -2.12. The van der Waals surface area contributed by atoms with E-state index in [1.54, 1.807) is 6.07 Å². The number of benzene rings is 2. The summed E-state index contributed by atoms with van der Waals surface area (Å²) in [4.78, 5) is 12.0. The van der Waals surface area contributed by atoms with Gasteiger partial charge in [-0.25, -0.2) is 8.78 Å². The minimum atomic E-state index is -0.912. The number of hydrogen-bond donors (Lipinski definition) is 1. The van der Waals surface area contributed by atoms with Crippen LogP contribution in [0.4, 0.5) is 14.5 Å². The van der Waals surface area contributed by atoms with E-state index in [2.05, 4.69) is 5.32 Å². The lowest BCUT2D eigenvalue weighted by molar-refractivity contribution is -0.122. The summed E-state index contributed by atoms with van der Waals surface area (Å²) in [6.07, 6.45) is -0.912. The van der Waals surface area contributed by atoms with Crippen LogP contribution in [-0.2, 0) is 4.79 Å². The molecule has 110 valence electrons. The van der Waals surface area contributed by atoms with E-state index in [0.29, 0.717) is 11.8 Å². The van der Waals surface area contributed by atoms with E-state index in [1.165, 1.54) is 6.92 Å². The number of halogens is 2. The standard InChI is InChI=1S/C16H15F2NO2/c1-10-4-3-5-13(8-10)19-16(20)11(2)21-15-7-6-12(17)9-14(15)18/h3-9,11H,1-2H3,(H,19,20). The molecular weight excluding hydrogens is 276 g/mol. The molecule has 3 nitrogen and oxygen atoms in total. The first-order chi connectivity index (χ1) is 9.95. The Labute approximate surface area is 121 Å². The van der Waals surface area contributed by atoms with Gasteiger partial charge in [0.25, 0.3) is 5.91 Å². The lowest BCUT2D eigenvalue weighted by atomic mass is 10.2. The Hall–Kier alpha value is -2.43. The first-order valence-electron chi connectivity index (χ1n) is 6.45. The Bertz CT molecular complexity index is 658. The number of carbonyl (C=O) groups excluding carboxylic acids is 1. The second-order valence-electron chi connectivity index (χ2n) is 4.69. The van der Waals surface area contributed by atoms with Gasteiger partial charge in [-0.1, -0.05) is 12.1 Å². The largest absolute Gasteiger partial charge is 0.478 e. The normalized spacial score (nSPS) is 11.8. The Morgan fingerprint density at radius 1 is 1.19 bits per heavy atom. The molecule has 0 fully saturated rings. The lowest BCUT2D eigenvalue weighted by Gasteiger charge is -2.15. The number of carbonyl (C=O) groups is 1. The van der Waals surface area contributed by atoms with Crippen LogP contribution in [0, 0.1) is 18.6 Å². The van der Waals surface area contributed by atoms with Crippen LogP contribution in [0.2, 0.25) is 0 Å². The van der Waals surface area contributed by atoms with Gasteiger partial charge in [0, 0.05) is 11.8 Å². The van der Waals surface area contributed by atoms with Crippen LogP contribution in [0.1, 0.15) is 12.5 Å². The minimum Gasteiger partial charge on any atom is -0.478 e. The zero-order chi connectivity index (χ0) is 15.4. The van der Waals surface area contributed by atoms with Crippen molar-refractivity contribution in [3.05, 3.63) is 59.7 Å². The molecule has 0 spiro atoms. The van der Waals surface area contributed by atoms with E-state index in [-0.39, 0.29) is 5.75 Å². The fourth-order valence-corrected chi connectivity index (χ4v) is 1.78. The van der Waals surface area contributed by atoms with Crippen molar-refractivity contribution in [3.63, 3.8) is 0 Å². The fraction of sp³-hybridized carbons (Fsp3) is 0.188. The summed E-state index contributed by atoms with van der Waals surface area (Å²) in [6, 6.07) is 10.2. The summed E-state index contributed by atoms with van der Waals surface area (Å²) in [6.45, 7) is 3.40. The van der Waals surface area contributed by atoms with Gasteiger partial charge < -0.3 is 10.1 Å². The van der Waals surface area contributed by atoms with Crippen LogP contribution in [-0.4, -0.2) is 12.0 Å². The highest BCUT2D eigenvalue weighted by atomic mass is 19.1. The van der Waals surface area contributed by atoms with Gasteiger partial charge in [-0.3, -0.25) is 4.79 Å². The van der Waals surface area contributed by atoms with E-state index in [1.807, 2.05) is 25.1 Å². The molecule has 2 aromatic rings. The molecule has 0 bridgehead atoms. The van der Waals surface area contributed by atoms with Crippen LogP contribution < -0.4 is 10.1 Å². The maximum atomic E-state index is 13.5. The van der Waals surface area contributed by atoms with E-state index in [0.717, 1.165) is 17.7 Å². The van der Waals surface area contributed by atoms with Crippen LogP contribution in [0.15, 0.2) is 42.5 Å². The van der Waals surface area contributed by atoms with Gasteiger partial charge in [0.2, 0.25) is 0 Å². The van der Waals surface area contributed by atoms with Gasteiger partial charge in [0.15, 0.2) is 17.7 Å². The van der Waals surface area contributed by atoms with Crippen molar-refractivity contribution in [1.82, 2.24) is 0 Å². The van der Waals surface area contributed by atoms with Gasteiger partial charge in [-0.2, -0.15) is 0 Å². The first kappa shape index (κ1) is 15.0. The Kier molecular flexibility index (Phi) is 4.52. The molecule has 5 heteroatoms. The highest BCUT2D eigenvalue weighted by Gasteiger charge is 2.17. The van der Waals surface area contributed by atoms with Crippen LogP contribution in [0.25, 0.3) is 0 Å². The molecule has 0 saturated heterocycles. The predicted octanol–water partition coefficient (Wildman–Crippen LogP) is 3.68. The smallest absolute Gasteiger partial charge is 0.265 e. The molecule has 1 atom stereocenters. The zero-order valence-corrected chi connectivity index (χ0v) is 11.7. The Morgan fingerprint density at radius 3 is 2.62 bits per heavy atom. The molecular formula is C16H15F2NO2. The zero-order valence-electron chi connectivity index (χ0n) is 11.7. The number of nitrogens with one attached hydrogen (secondary N) is 1. The first-order valence-corrected chi connectivity index (χ1v) is 6.45. The van der Waals surface area contributed by atoms with Gasteiger partial charge in [-0.05, 0) is 43.7 Å². The SMILES string of the molecule is Cc1cccc(NC(=O)C(C)Oc2ccc(F)cc2F)c1. The average Bonchev–Trinajstić information content (AvgIpc) is 2.41. The van der Waals surface area contributed by atoms with E-state index in [4.69, 9.17) is 4.74 Å². The molecule has 0 aliphatic carbocycles. The van der Waals surface area contributed by atoms with Crippen molar-refractivity contribution >= 4 is 11.6 Å². The van der Waals surface area contributed by atoms with Gasteiger partial charge in [-0.15, -0.1) is 0 Å². The highest BCUT2D eigenvalue weighted by Crippen LogP contribution is 2.19. The molecule has 0 heterocycles. The Morgan fingerprint density at radius 2 is 1.95 bits per heavy atom. The number of rotatable bonds is 4. The lowest BCUT2D eigenvalue weighted by Crippen LogP contribution is -2.30. The molecule has 0 aromatic heterocycles. The number of aryl methyl sites for hydroxylation is 1. The monoisotopic (exact) mass is 291 g/mol. The van der Waals surface area contributed by atoms with Crippen LogP contribution in [0.5, 0.6) is 5.75 Å². The molecule has 0 saturated carbocycles. The van der Waals surface area contributed by atoms with Crippen molar-refractivity contribution in [2.24, 2.45) is 0 Å². The van der Waals surface area contributed by atoms with Crippen LogP contribution >= 0.6 is 0 Å². The summed E-state index contributed by atoms with van der Waals surface area (Å²) in [5, 5.41) is 2.67. The minimum absolute atomic E-state index is 0.164. The summed E-state index contributed by atoms with van der Waals surface area (Å²) in [7, 11) is 0. The quantitative estimate of drug-likeness (QED) is 0.933. The van der Waals surface area contributed by atoms with Gasteiger partial charge in [0.1, 0.15) is 5.82 Å². The number of ether oxygens (including phenoxy) is 1. The van der Waals surface area contributed by atoms with Crippen molar-refractivity contribution < 1.29 is 18.3 Å². The van der Waals surface area contributed by atoms with Crippen molar-refractivity contribution in [2.75, 3.05) is 5.32 Å². The van der Waals surface area contributed by atoms with Crippen molar-refractivity contribution in [2.45, 2.75) is 20.0 Å². The molecule has 1 amide bonds. The summed E-state index contributed by atoms with van der Waals surface area (Å²) < 4.78 is 31.5. The molecule has 1 unspecified atom stereocenters. The highest BCUT2D eigenvalue weighted by molar-refractivity contribution is 5.94. The average molecular weight is 291 g/mol. The summed E-state index contributed by atoms with van der Waals surface area (Å²) in [5.41, 5.74) is 1.64. The number of amides is 1. The third-order valence-corrected chi connectivity index (χ3v) is 2.85. The van der Waals surface area contributed by atoms with E-state index < -0.39 is 23.6 Å². The van der Waals surface area contributed by atoms with Crippen molar-refractivity contribution in [1.29, 1.82) is 0 Å². The third-order valence-electron chi connectivity index (χ3n) is 2.85. The molecule has 2 aromatic carbocycles. The second-order valence-corrected chi connectivity index (χ2v) is 4.69. The Balaban J connectivity index is 2.02. The molecule has 21 heavy (non-hydrogen) atoms.